The van der Waals surface area contributed by atoms with Crippen LogP contribution in [0.5, 0.6) is 0 Å². The molecular weight excluding hydrogens is 164 g/mol. The molecule has 1 fully saturated rings. The lowest BCUT2D eigenvalue weighted by atomic mass is 9.84. The third kappa shape index (κ3) is 2.45. The van der Waals surface area contributed by atoms with Crippen LogP contribution in [-0.2, 0) is 9.84 Å². The zero-order valence-electron chi connectivity index (χ0n) is 6.66. The maximum Gasteiger partial charge on any atom is 0.150 e. The molecule has 1 rings (SSSR count). The minimum atomic E-state index is -2.81. The van der Waals surface area contributed by atoms with E-state index in [0.717, 1.165) is 0 Å². The molecule has 0 spiro atoms. The molecule has 0 aromatic carbocycles. The third-order valence-electron chi connectivity index (χ3n) is 2.14. The van der Waals surface area contributed by atoms with Crippen molar-refractivity contribution in [2.45, 2.75) is 25.9 Å². The maximum atomic E-state index is 11.0. The van der Waals surface area contributed by atoms with Crippen LogP contribution in [0.1, 0.15) is 19.8 Å². The first-order valence-corrected chi connectivity index (χ1v) is 5.74. The van der Waals surface area contributed by atoms with Crippen molar-refractivity contribution in [2.75, 3.05) is 11.5 Å². The Balaban J connectivity index is 2.33. The van der Waals surface area contributed by atoms with Crippen molar-refractivity contribution in [3.8, 4) is 0 Å². The zero-order chi connectivity index (χ0) is 8.48. The molecule has 0 aromatic heterocycles. The molecule has 3 nitrogen and oxygen atoms in total. The highest BCUT2D eigenvalue weighted by Gasteiger charge is 2.30. The summed E-state index contributed by atoms with van der Waals surface area (Å²) in [5, 5.41) is 8.89. The molecule has 1 saturated carbocycles. The summed E-state index contributed by atoms with van der Waals surface area (Å²) in [6.45, 7) is 1.66. The van der Waals surface area contributed by atoms with E-state index in [1.54, 1.807) is 6.92 Å². The number of aliphatic hydroxyl groups excluding tert-OH is 1. The van der Waals surface area contributed by atoms with Crippen molar-refractivity contribution in [1.29, 1.82) is 0 Å². The van der Waals surface area contributed by atoms with Crippen LogP contribution in [0, 0.1) is 5.92 Å². The van der Waals surface area contributed by atoms with Crippen LogP contribution in [0.2, 0.25) is 0 Å². The molecule has 0 radical (unpaired) electrons. The van der Waals surface area contributed by atoms with E-state index in [4.69, 9.17) is 5.11 Å². The van der Waals surface area contributed by atoms with Gasteiger partial charge in [0.15, 0.2) is 0 Å². The van der Waals surface area contributed by atoms with Gasteiger partial charge in [0.05, 0.1) is 11.9 Å². The number of aliphatic hydroxyl groups is 1. The number of sulfone groups is 1. The molecular formula is C7H14O3S. The second kappa shape index (κ2) is 3.11. The van der Waals surface area contributed by atoms with Crippen molar-refractivity contribution in [3.63, 3.8) is 0 Å². The van der Waals surface area contributed by atoms with Gasteiger partial charge in [-0.3, -0.25) is 0 Å². The number of rotatable bonds is 3. The predicted octanol–water partition coefficient (Wildman–Crippen LogP) is 0.192. The molecule has 0 saturated heterocycles. The molecule has 0 heterocycles. The molecule has 0 atom stereocenters. The van der Waals surface area contributed by atoms with E-state index in [1.165, 1.54) is 0 Å². The average molecular weight is 178 g/mol. The smallest absolute Gasteiger partial charge is 0.150 e. The Hall–Kier alpha value is -0.0900. The number of hydrogen-bond donors (Lipinski definition) is 1. The first-order valence-electron chi connectivity index (χ1n) is 3.92. The van der Waals surface area contributed by atoms with Gasteiger partial charge >= 0.3 is 0 Å². The highest BCUT2D eigenvalue weighted by molar-refractivity contribution is 7.91. The molecule has 1 aliphatic carbocycles. The van der Waals surface area contributed by atoms with Crippen LogP contribution in [-0.4, -0.2) is 31.1 Å². The second-order valence-electron chi connectivity index (χ2n) is 3.19. The summed E-state index contributed by atoms with van der Waals surface area (Å²) in [6.07, 6.45) is 1.09. The lowest BCUT2D eigenvalue weighted by Gasteiger charge is -2.30. The lowest BCUT2D eigenvalue weighted by molar-refractivity contribution is 0.0526. The van der Waals surface area contributed by atoms with Crippen LogP contribution in [0.25, 0.3) is 0 Å². The van der Waals surface area contributed by atoms with Crippen molar-refractivity contribution in [3.05, 3.63) is 0 Å². The molecule has 0 unspecified atom stereocenters. The third-order valence-corrected chi connectivity index (χ3v) is 4.00. The minimum Gasteiger partial charge on any atom is -0.393 e. The van der Waals surface area contributed by atoms with E-state index >= 15 is 0 Å². The van der Waals surface area contributed by atoms with Gasteiger partial charge < -0.3 is 5.11 Å². The van der Waals surface area contributed by atoms with Crippen molar-refractivity contribution in [2.24, 2.45) is 5.92 Å². The average Bonchev–Trinajstić information content (AvgIpc) is 1.84. The highest BCUT2D eigenvalue weighted by Crippen LogP contribution is 2.28. The summed E-state index contributed by atoms with van der Waals surface area (Å²) in [5.74, 6) is 0.704. The summed E-state index contributed by atoms with van der Waals surface area (Å²) in [4.78, 5) is 0. The summed E-state index contributed by atoms with van der Waals surface area (Å²) in [7, 11) is -2.81. The lowest BCUT2D eigenvalue weighted by Crippen LogP contribution is -2.33. The van der Waals surface area contributed by atoms with Crippen molar-refractivity contribution >= 4 is 9.84 Å². The monoisotopic (exact) mass is 178 g/mol. The Morgan fingerprint density at radius 3 is 2.36 bits per heavy atom. The fraction of sp³-hybridized carbons (Fsp3) is 1.00. The van der Waals surface area contributed by atoms with Gasteiger partial charge in [-0.25, -0.2) is 8.42 Å². The zero-order valence-corrected chi connectivity index (χ0v) is 7.47. The van der Waals surface area contributed by atoms with E-state index < -0.39 is 9.84 Å². The molecule has 0 amide bonds. The summed E-state index contributed by atoms with van der Waals surface area (Å²) in [6, 6.07) is 0. The fourth-order valence-electron chi connectivity index (χ4n) is 1.31. The van der Waals surface area contributed by atoms with Gasteiger partial charge in [-0.15, -0.1) is 0 Å². The van der Waals surface area contributed by atoms with Crippen molar-refractivity contribution < 1.29 is 13.5 Å². The van der Waals surface area contributed by atoms with Gasteiger partial charge in [0.2, 0.25) is 0 Å². The van der Waals surface area contributed by atoms with Gasteiger partial charge in [0.25, 0.3) is 0 Å². The molecule has 0 bridgehead atoms. The Labute approximate surface area is 67.3 Å². The Morgan fingerprint density at radius 2 is 2.00 bits per heavy atom. The molecule has 11 heavy (non-hydrogen) atoms. The van der Waals surface area contributed by atoms with E-state index in [0.29, 0.717) is 12.8 Å². The molecule has 0 aliphatic heterocycles. The van der Waals surface area contributed by atoms with E-state index in [2.05, 4.69) is 0 Å². The van der Waals surface area contributed by atoms with Crippen LogP contribution >= 0.6 is 0 Å². The molecule has 4 heteroatoms. The summed E-state index contributed by atoms with van der Waals surface area (Å²) >= 11 is 0. The van der Waals surface area contributed by atoms with E-state index in [9.17, 15) is 8.42 Å². The fourth-order valence-corrected chi connectivity index (χ4v) is 2.54. The van der Waals surface area contributed by atoms with Crippen molar-refractivity contribution in [1.82, 2.24) is 0 Å². The highest BCUT2D eigenvalue weighted by atomic mass is 32.2. The maximum absolute atomic E-state index is 11.0. The molecule has 1 N–H and O–H groups in total. The van der Waals surface area contributed by atoms with Gasteiger partial charge in [0.1, 0.15) is 9.84 Å². The first-order chi connectivity index (χ1) is 5.03. The summed E-state index contributed by atoms with van der Waals surface area (Å²) in [5.41, 5.74) is 0. The van der Waals surface area contributed by atoms with Gasteiger partial charge in [-0.1, -0.05) is 6.92 Å². The van der Waals surface area contributed by atoms with Gasteiger partial charge in [-0.05, 0) is 18.8 Å². The number of hydrogen-bond acceptors (Lipinski definition) is 3. The van der Waals surface area contributed by atoms with Crippen LogP contribution in [0.3, 0.4) is 0 Å². The molecule has 1 aliphatic rings. The topological polar surface area (TPSA) is 54.4 Å². The minimum absolute atomic E-state index is 0.218. The Morgan fingerprint density at radius 1 is 1.45 bits per heavy atom. The standard InChI is InChI=1S/C7H14O3S/c1-2-11(9,10)5-6-3-7(8)4-6/h6-8H,2-5H2,1H3. The van der Waals surface area contributed by atoms with Crippen LogP contribution in [0.15, 0.2) is 0 Å². The largest absolute Gasteiger partial charge is 0.393 e. The normalized spacial score (nSPS) is 31.5. The van der Waals surface area contributed by atoms with Crippen LogP contribution < -0.4 is 0 Å². The first kappa shape index (κ1) is 9.00. The van der Waals surface area contributed by atoms with E-state index in [-0.39, 0.29) is 23.5 Å². The Kier molecular flexibility index (Phi) is 2.54. The quantitative estimate of drug-likeness (QED) is 0.671. The van der Waals surface area contributed by atoms with Crippen LogP contribution in [0.4, 0.5) is 0 Å². The Bertz CT molecular complexity index is 214. The van der Waals surface area contributed by atoms with Gasteiger partial charge in [-0.2, -0.15) is 0 Å². The molecule has 66 valence electrons. The predicted molar refractivity (Wildman–Crippen MR) is 43.1 cm³/mol. The molecule has 0 aromatic rings. The van der Waals surface area contributed by atoms with E-state index in [1.807, 2.05) is 0 Å². The summed E-state index contributed by atoms with van der Waals surface area (Å²) < 4.78 is 22.1. The van der Waals surface area contributed by atoms with Gasteiger partial charge in [0, 0.05) is 5.75 Å². The SMILES string of the molecule is CCS(=O)(=O)CC1CC(O)C1. The second-order valence-corrected chi connectivity index (χ2v) is 5.59.